The smallest absolute Gasteiger partial charge is 0.123 e. The van der Waals surface area contributed by atoms with Gasteiger partial charge in [-0.3, -0.25) is 5.10 Å². The molecule has 1 aromatic carbocycles. The lowest BCUT2D eigenvalue weighted by Gasteiger charge is -2.22. The Morgan fingerprint density at radius 2 is 1.94 bits per heavy atom. The summed E-state index contributed by atoms with van der Waals surface area (Å²) in [7, 11) is 0. The topological polar surface area (TPSA) is 40.7 Å². The fourth-order valence-corrected chi connectivity index (χ4v) is 2.01. The summed E-state index contributed by atoms with van der Waals surface area (Å²) in [5.41, 5.74) is 2.15. The number of aromatic amines is 1. The van der Waals surface area contributed by atoms with Crippen molar-refractivity contribution in [2.24, 2.45) is 5.92 Å². The van der Waals surface area contributed by atoms with E-state index in [-0.39, 0.29) is 11.9 Å². The molecule has 0 bridgehead atoms. The molecule has 2 aromatic rings. The highest BCUT2D eigenvalue weighted by molar-refractivity contribution is 5.20. The summed E-state index contributed by atoms with van der Waals surface area (Å²) in [5, 5.41) is 10.3. The number of benzene rings is 1. The molecule has 1 heterocycles. The van der Waals surface area contributed by atoms with Crippen LogP contribution in [0.15, 0.2) is 36.5 Å². The van der Waals surface area contributed by atoms with E-state index in [0.29, 0.717) is 5.92 Å². The standard InChI is InChI=1S/C14H18FN3/c1-10(2)14(11-3-5-12(15)6-4-11)16-9-13-7-8-17-18-13/h3-8,10,14,16H,9H2,1-2H3,(H,17,18). The Kier molecular flexibility index (Phi) is 4.10. The lowest BCUT2D eigenvalue weighted by atomic mass is 9.96. The lowest BCUT2D eigenvalue weighted by molar-refractivity contribution is 0.408. The van der Waals surface area contributed by atoms with Crippen molar-refractivity contribution in [2.45, 2.75) is 26.4 Å². The minimum absolute atomic E-state index is 0.199. The van der Waals surface area contributed by atoms with Crippen LogP contribution >= 0.6 is 0 Å². The highest BCUT2D eigenvalue weighted by atomic mass is 19.1. The molecule has 1 atom stereocenters. The molecule has 96 valence electrons. The van der Waals surface area contributed by atoms with Crippen molar-refractivity contribution in [3.63, 3.8) is 0 Å². The molecule has 0 aliphatic rings. The summed E-state index contributed by atoms with van der Waals surface area (Å²) >= 11 is 0. The van der Waals surface area contributed by atoms with Gasteiger partial charge in [-0.05, 0) is 29.7 Å². The molecule has 0 aliphatic carbocycles. The first kappa shape index (κ1) is 12.8. The van der Waals surface area contributed by atoms with Gasteiger partial charge >= 0.3 is 0 Å². The number of rotatable bonds is 5. The molecule has 0 fully saturated rings. The fourth-order valence-electron chi connectivity index (χ4n) is 2.01. The van der Waals surface area contributed by atoms with Crippen LogP contribution in [-0.2, 0) is 6.54 Å². The van der Waals surface area contributed by atoms with Gasteiger partial charge in [0.25, 0.3) is 0 Å². The van der Waals surface area contributed by atoms with E-state index < -0.39 is 0 Å². The zero-order valence-electron chi connectivity index (χ0n) is 10.7. The first-order valence-electron chi connectivity index (χ1n) is 6.14. The van der Waals surface area contributed by atoms with E-state index in [2.05, 4.69) is 29.4 Å². The second-order valence-electron chi connectivity index (χ2n) is 4.74. The zero-order valence-corrected chi connectivity index (χ0v) is 10.7. The molecule has 0 amide bonds. The number of H-pyrrole nitrogens is 1. The summed E-state index contributed by atoms with van der Waals surface area (Å²) in [6.45, 7) is 5.02. The van der Waals surface area contributed by atoms with Crippen LogP contribution in [0.1, 0.15) is 31.1 Å². The van der Waals surface area contributed by atoms with Gasteiger partial charge in [0, 0.05) is 24.5 Å². The van der Waals surface area contributed by atoms with Crippen molar-refractivity contribution >= 4 is 0 Å². The maximum Gasteiger partial charge on any atom is 0.123 e. The first-order chi connectivity index (χ1) is 8.66. The zero-order chi connectivity index (χ0) is 13.0. The van der Waals surface area contributed by atoms with E-state index in [9.17, 15) is 4.39 Å². The Labute approximate surface area is 106 Å². The van der Waals surface area contributed by atoms with Gasteiger partial charge in [-0.2, -0.15) is 5.10 Å². The Morgan fingerprint density at radius 3 is 2.50 bits per heavy atom. The summed E-state index contributed by atoms with van der Waals surface area (Å²) in [5.74, 6) is 0.230. The van der Waals surface area contributed by atoms with Gasteiger partial charge in [0.05, 0.1) is 0 Å². The van der Waals surface area contributed by atoms with E-state index in [4.69, 9.17) is 0 Å². The van der Waals surface area contributed by atoms with Gasteiger partial charge in [-0.15, -0.1) is 0 Å². The largest absolute Gasteiger partial charge is 0.304 e. The van der Waals surface area contributed by atoms with Crippen LogP contribution in [0.2, 0.25) is 0 Å². The lowest BCUT2D eigenvalue weighted by Crippen LogP contribution is -2.25. The molecule has 0 saturated heterocycles. The van der Waals surface area contributed by atoms with E-state index in [0.717, 1.165) is 17.8 Å². The average Bonchev–Trinajstić information content (AvgIpc) is 2.84. The van der Waals surface area contributed by atoms with Crippen molar-refractivity contribution < 1.29 is 4.39 Å². The van der Waals surface area contributed by atoms with Crippen LogP contribution in [-0.4, -0.2) is 10.2 Å². The second-order valence-corrected chi connectivity index (χ2v) is 4.74. The number of nitrogens with zero attached hydrogens (tertiary/aromatic N) is 1. The van der Waals surface area contributed by atoms with Crippen molar-refractivity contribution in [3.8, 4) is 0 Å². The summed E-state index contributed by atoms with van der Waals surface area (Å²) < 4.78 is 12.9. The van der Waals surface area contributed by atoms with Crippen LogP contribution in [0.25, 0.3) is 0 Å². The molecule has 2 rings (SSSR count). The van der Waals surface area contributed by atoms with Crippen LogP contribution < -0.4 is 5.32 Å². The number of hydrogen-bond donors (Lipinski definition) is 2. The number of hydrogen-bond acceptors (Lipinski definition) is 2. The van der Waals surface area contributed by atoms with E-state index in [1.54, 1.807) is 6.20 Å². The van der Waals surface area contributed by atoms with Crippen molar-refractivity contribution in [1.82, 2.24) is 15.5 Å². The Balaban J connectivity index is 2.06. The predicted molar refractivity (Wildman–Crippen MR) is 69.4 cm³/mol. The first-order valence-corrected chi connectivity index (χ1v) is 6.14. The number of aromatic nitrogens is 2. The third kappa shape index (κ3) is 3.17. The summed E-state index contributed by atoms with van der Waals surface area (Å²) in [4.78, 5) is 0. The van der Waals surface area contributed by atoms with Crippen LogP contribution in [0.5, 0.6) is 0 Å². The molecule has 2 N–H and O–H groups in total. The predicted octanol–water partition coefficient (Wildman–Crippen LogP) is 3.04. The molecule has 0 saturated carbocycles. The molecule has 4 heteroatoms. The minimum atomic E-state index is -0.199. The van der Waals surface area contributed by atoms with Crippen molar-refractivity contribution in [2.75, 3.05) is 0 Å². The third-order valence-corrected chi connectivity index (χ3v) is 2.97. The Hall–Kier alpha value is -1.68. The molecule has 1 unspecified atom stereocenters. The normalized spacial score (nSPS) is 12.9. The highest BCUT2D eigenvalue weighted by Crippen LogP contribution is 2.22. The van der Waals surface area contributed by atoms with Crippen molar-refractivity contribution in [1.29, 1.82) is 0 Å². The maximum atomic E-state index is 12.9. The Bertz CT molecular complexity index is 462. The molecule has 0 radical (unpaired) electrons. The van der Waals surface area contributed by atoms with E-state index in [1.807, 2.05) is 18.2 Å². The molecule has 3 nitrogen and oxygen atoms in total. The molecule has 0 aliphatic heterocycles. The monoisotopic (exact) mass is 247 g/mol. The van der Waals surface area contributed by atoms with Gasteiger partial charge < -0.3 is 5.32 Å². The SMILES string of the molecule is CC(C)C(NCc1ccn[nH]1)c1ccc(F)cc1. The quantitative estimate of drug-likeness (QED) is 0.852. The average molecular weight is 247 g/mol. The third-order valence-electron chi connectivity index (χ3n) is 2.97. The molecular formula is C14H18FN3. The molecule has 0 spiro atoms. The van der Waals surface area contributed by atoms with E-state index in [1.165, 1.54) is 12.1 Å². The minimum Gasteiger partial charge on any atom is -0.304 e. The molecule has 18 heavy (non-hydrogen) atoms. The maximum absolute atomic E-state index is 12.9. The summed E-state index contributed by atoms with van der Waals surface area (Å²) in [6, 6.07) is 8.81. The van der Waals surface area contributed by atoms with Gasteiger partial charge in [-0.25, -0.2) is 4.39 Å². The van der Waals surface area contributed by atoms with Gasteiger partial charge in [0.1, 0.15) is 5.82 Å². The Morgan fingerprint density at radius 1 is 1.22 bits per heavy atom. The fraction of sp³-hybridized carbons (Fsp3) is 0.357. The number of nitrogens with one attached hydrogen (secondary N) is 2. The second kappa shape index (κ2) is 5.78. The van der Waals surface area contributed by atoms with Crippen LogP contribution in [0, 0.1) is 11.7 Å². The molecular weight excluding hydrogens is 229 g/mol. The van der Waals surface area contributed by atoms with Gasteiger partial charge in [-0.1, -0.05) is 26.0 Å². The molecule has 1 aromatic heterocycles. The van der Waals surface area contributed by atoms with Crippen LogP contribution in [0.3, 0.4) is 0 Å². The van der Waals surface area contributed by atoms with Gasteiger partial charge in [0.15, 0.2) is 0 Å². The summed E-state index contributed by atoms with van der Waals surface area (Å²) in [6.07, 6.45) is 1.74. The number of halogens is 1. The van der Waals surface area contributed by atoms with Crippen LogP contribution in [0.4, 0.5) is 4.39 Å². The van der Waals surface area contributed by atoms with Crippen molar-refractivity contribution in [3.05, 3.63) is 53.6 Å². The highest BCUT2D eigenvalue weighted by Gasteiger charge is 2.15. The van der Waals surface area contributed by atoms with E-state index >= 15 is 0 Å². The van der Waals surface area contributed by atoms with Gasteiger partial charge in [0.2, 0.25) is 0 Å².